The molecule has 156 valence electrons. The molecule has 0 atom stereocenters. The summed E-state index contributed by atoms with van der Waals surface area (Å²) < 4.78 is 7.02. The second-order valence-corrected chi connectivity index (χ2v) is 7.32. The minimum atomic E-state index is -0.124. The third-order valence-electron chi connectivity index (χ3n) is 5.32. The highest BCUT2D eigenvalue weighted by Gasteiger charge is 2.17. The van der Waals surface area contributed by atoms with Gasteiger partial charge >= 0.3 is 5.97 Å². The molecule has 0 unspecified atom stereocenters. The lowest BCUT2D eigenvalue weighted by Gasteiger charge is -2.15. The van der Waals surface area contributed by atoms with E-state index in [2.05, 4.69) is 30.1 Å². The van der Waals surface area contributed by atoms with Crippen LogP contribution in [0, 0.1) is 18.3 Å². The van der Waals surface area contributed by atoms with Crippen molar-refractivity contribution in [2.75, 3.05) is 6.61 Å². The van der Waals surface area contributed by atoms with Crippen molar-refractivity contribution < 1.29 is 9.53 Å². The number of fused-ring (bicyclic) bond motifs is 1. The Morgan fingerprint density at radius 1 is 1.17 bits per heavy atom. The predicted octanol–water partition coefficient (Wildman–Crippen LogP) is 4.80. The Labute approximate surface area is 177 Å². The zero-order valence-corrected chi connectivity index (χ0v) is 17.9. The molecule has 3 aromatic heterocycles. The molecule has 0 aliphatic heterocycles. The van der Waals surface area contributed by atoms with E-state index in [1.807, 2.05) is 24.4 Å². The van der Waals surface area contributed by atoms with Gasteiger partial charge in [0.1, 0.15) is 11.8 Å². The number of hydrogen-bond donors (Lipinski definition) is 0. The monoisotopic (exact) mass is 404 g/mol. The highest BCUT2D eigenvalue weighted by atomic mass is 16.5. The van der Waals surface area contributed by atoms with Gasteiger partial charge in [-0.05, 0) is 69.4 Å². The van der Waals surface area contributed by atoms with Gasteiger partial charge in [0.05, 0.1) is 17.8 Å². The first kappa shape index (κ1) is 21.5. The smallest absolute Gasteiger partial charge is 0.305 e. The Balaban J connectivity index is 1.89. The maximum atomic E-state index is 11.5. The largest absolute Gasteiger partial charge is 0.466 e. The average Bonchev–Trinajstić information content (AvgIpc) is 3.16. The second-order valence-electron chi connectivity index (χ2n) is 7.32. The van der Waals surface area contributed by atoms with Crippen molar-refractivity contribution in [2.24, 2.45) is 0 Å². The number of carbonyl (C=O) groups is 1. The molecule has 3 rings (SSSR count). The van der Waals surface area contributed by atoms with E-state index in [4.69, 9.17) is 15.1 Å². The van der Waals surface area contributed by atoms with Crippen LogP contribution in [0.1, 0.15) is 62.2 Å². The highest BCUT2D eigenvalue weighted by Crippen LogP contribution is 2.32. The number of ether oxygens (including phenoxy) is 1. The molecule has 0 N–H and O–H groups in total. The third kappa shape index (κ3) is 4.68. The zero-order chi connectivity index (χ0) is 21.5. The number of carbonyl (C=O) groups excluding carboxylic acids is 1. The normalized spacial score (nSPS) is 10.9. The molecule has 0 amide bonds. The van der Waals surface area contributed by atoms with E-state index in [1.165, 1.54) is 5.56 Å². The van der Waals surface area contributed by atoms with Crippen molar-refractivity contribution in [1.29, 1.82) is 5.26 Å². The van der Waals surface area contributed by atoms with Gasteiger partial charge in [0.2, 0.25) is 0 Å². The van der Waals surface area contributed by atoms with E-state index in [1.54, 1.807) is 12.3 Å². The number of hydrogen-bond acceptors (Lipinski definition) is 5. The van der Waals surface area contributed by atoms with Crippen molar-refractivity contribution in [3.8, 4) is 17.2 Å². The summed E-state index contributed by atoms with van der Waals surface area (Å²) in [5.41, 5.74) is 6.95. The van der Waals surface area contributed by atoms with Gasteiger partial charge in [-0.15, -0.1) is 0 Å². The van der Waals surface area contributed by atoms with Crippen LogP contribution in [-0.2, 0) is 22.4 Å². The molecule has 0 radical (unpaired) electrons. The summed E-state index contributed by atoms with van der Waals surface area (Å²) >= 11 is 0. The second kappa shape index (κ2) is 10.0. The lowest BCUT2D eigenvalue weighted by atomic mass is 9.95. The molecule has 0 spiro atoms. The lowest BCUT2D eigenvalue weighted by molar-refractivity contribution is -0.143. The molecule has 6 heteroatoms. The van der Waals surface area contributed by atoms with Gasteiger partial charge in [-0.25, -0.2) is 9.50 Å². The van der Waals surface area contributed by atoms with Crippen LogP contribution in [0.3, 0.4) is 0 Å². The number of aromatic nitrogens is 3. The standard InChI is InChI=1S/C24H28N4O2/c1-4-20-13-14-22-24(18-11-12-19(15-25)26-16-18)21(17(3)27-28(20)22)9-7-6-8-10-23(29)30-5-2/h11-14,16H,4-10H2,1-3H3. The summed E-state index contributed by atoms with van der Waals surface area (Å²) in [6.07, 6.45) is 6.77. The topological polar surface area (TPSA) is 80.3 Å². The summed E-state index contributed by atoms with van der Waals surface area (Å²) in [4.78, 5) is 15.8. The van der Waals surface area contributed by atoms with E-state index in [-0.39, 0.29) is 5.97 Å². The Kier molecular flexibility index (Phi) is 7.18. The van der Waals surface area contributed by atoms with E-state index in [0.717, 1.165) is 60.1 Å². The summed E-state index contributed by atoms with van der Waals surface area (Å²) in [6.45, 7) is 6.43. The van der Waals surface area contributed by atoms with Crippen molar-refractivity contribution in [2.45, 2.75) is 59.3 Å². The highest BCUT2D eigenvalue weighted by molar-refractivity contribution is 5.83. The summed E-state index contributed by atoms with van der Waals surface area (Å²) in [5, 5.41) is 13.9. The molecule has 0 aromatic carbocycles. The number of esters is 1. The predicted molar refractivity (Wildman–Crippen MR) is 116 cm³/mol. The van der Waals surface area contributed by atoms with Crippen LogP contribution in [0.15, 0.2) is 30.5 Å². The number of unbranched alkanes of at least 4 members (excludes halogenated alkanes) is 2. The average molecular weight is 405 g/mol. The van der Waals surface area contributed by atoms with E-state index >= 15 is 0 Å². The molecule has 0 aliphatic carbocycles. The molecule has 3 heterocycles. The Morgan fingerprint density at radius 2 is 2.00 bits per heavy atom. The van der Waals surface area contributed by atoms with Crippen LogP contribution in [-0.4, -0.2) is 27.2 Å². The maximum absolute atomic E-state index is 11.5. The number of rotatable bonds is 9. The van der Waals surface area contributed by atoms with Crippen LogP contribution in [0.25, 0.3) is 16.6 Å². The molecule has 3 aromatic rings. The maximum Gasteiger partial charge on any atom is 0.305 e. The van der Waals surface area contributed by atoms with Gasteiger partial charge < -0.3 is 4.74 Å². The van der Waals surface area contributed by atoms with Crippen molar-refractivity contribution in [3.63, 3.8) is 0 Å². The van der Waals surface area contributed by atoms with Crippen LogP contribution in [0.4, 0.5) is 0 Å². The fourth-order valence-electron chi connectivity index (χ4n) is 3.81. The Morgan fingerprint density at radius 3 is 2.67 bits per heavy atom. The quantitative estimate of drug-likeness (QED) is 0.378. The Hall–Kier alpha value is -3.20. The zero-order valence-electron chi connectivity index (χ0n) is 17.9. The van der Waals surface area contributed by atoms with E-state index in [9.17, 15) is 4.79 Å². The molecular weight excluding hydrogens is 376 g/mol. The molecular formula is C24H28N4O2. The van der Waals surface area contributed by atoms with Crippen molar-refractivity contribution in [3.05, 3.63) is 53.1 Å². The molecule has 0 saturated carbocycles. The number of pyridine rings is 1. The lowest BCUT2D eigenvalue weighted by Crippen LogP contribution is -2.06. The molecule has 0 aliphatic rings. The first-order chi connectivity index (χ1) is 14.6. The fourth-order valence-corrected chi connectivity index (χ4v) is 3.81. The fraction of sp³-hybridized carbons (Fsp3) is 0.417. The first-order valence-corrected chi connectivity index (χ1v) is 10.6. The third-order valence-corrected chi connectivity index (χ3v) is 5.32. The van der Waals surface area contributed by atoms with Gasteiger partial charge in [-0.3, -0.25) is 4.79 Å². The Bertz CT molecular complexity index is 1060. The molecule has 0 bridgehead atoms. The van der Waals surface area contributed by atoms with Gasteiger partial charge in [-0.2, -0.15) is 10.4 Å². The molecule has 30 heavy (non-hydrogen) atoms. The molecule has 0 saturated heterocycles. The van der Waals surface area contributed by atoms with Gasteiger partial charge in [0.25, 0.3) is 0 Å². The summed E-state index contributed by atoms with van der Waals surface area (Å²) in [7, 11) is 0. The van der Waals surface area contributed by atoms with E-state index < -0.39 is 0 Å². The van der Waals surface area contributed by atoms with Crippen LogP contribution in [0.2, 0.25) is 0 Å². The molecule has 6 nitrogen and oxygen atoms in total. The minimum absolute atomic E-state index is 0.124. The SMILES string of the molecule is CCOC(=O)CCCCCc1c(C)nn2c(CC)ccc2c1-c1ccc(C#N)nc1. The van der Waals surface area contributed by atoms with Crippen LogP contribution >= 0.6 is 0 Å². The van der Waals surface area contributed by atoms with Gasteiger partial charge in [0, 0.05) is 29.4 Å². The number of aryl methyl sites for hydroxylation is 2. The molecule has 0 fully saturated rings. The first-order valence-electron chi connectivity index (χ1n) is 10.6. The van der Waals surface area contributed by atoms with E-state index in [0.29, 0.717) is 18.7 Å². The number of nitriles is 1. The summed E-state index contributed by atoms with van der Waals surface area (Å²) in [6, 6.07) is 10.0. The van der Waals surface area contributed by atoms with Gasteiger partial charge in [-0.1, -0.05) is 13.3 Å². The number of nitrogens with zero attached hydrogens (tertiary/aromatic N) is 4. The summed E-state index contributed by atoms with van der Waals surface area (Å²) in [5.74, 6) is -0.124. The van der Waals surface area contributed by atoms with Gasteiger partial charge in [0.15, 0.2) is 0 Å². The van der Waals surface area contributed by atoms with Crippen LogP contribution < -0.4 is 0 Å². The van der Waals surface area contributed by atoms with Crippen molar-refractivity contribution >= 4 is 11.5 Å². The van der Waals surface area contributed by atoms with Crippen molar-refractivity contribution in [1.82, 2.24) is 14.6 Å². The van der Waals surface area contributed by atoms with Crippen LogP contribution in [0.5, 0.6) is 0 Å². The minimum Gasteiger partial charge on any atom is -0.466 e.